The first-order valence-corrected chi connectivity index (χ1v) is 7.11. The quantitative estimate of drug-likeness (QED) is 0.658. The van der Waals surface area contributed by atoms with E-state index < -0.39 is 0 Å². The maximum Gasteiger partial charge on any atom is 0.0709 e. The summed E-state index contributed by atoms with van der Waals surface area (Å²) in [5.41, 5.74) is 1.40. The lowest BCUT2D eigenvalue weighted by Crippen LogP contribution is -2.05. The monoisotopic (exact) mass is 240 g/mol. The third-order valence-electron chi connectivity index (χ3n) is 4.02. The van der Waals surface area contributed by atoms with Gasteiger partial charge in [0.05, 0.1) is 5.38 Å². The van der Waals surface area contributed by atoms with Crippen LogP contribution in [0, 0.1) is 31.6 Å². The molecule has 1 aromatic rings. The zero-order valence-electron chi connectivity index (χ0n) is 9.29. The highest BCUT2D eigenvalue weighted by molar-refractivity contribution is 7.12. The second kappa shape index (κ2) is 3.49. The topological polar surface area (TPSA) is 0 Å². The lowest BCUT2D eigenvalue weighted by Gasteiger charge is -2.18. The van der Waals surface area contributed by atoms with Gasteiger partial charge in [-0.1, -0.05) is 0 Å². The van der Waals surface area contributed by atoms with E-state index in [9.17, 15) is 0 Å². The average Bonchev–Trinajstić information content (AvgIpc) is 2.65. The lowest BCUT2D eigenvalue weighted by atomic mass is 9.97. The maximum absolute atomic E-state index is 6.63. The molecule has 0 aromatic carbocycles. The lowest BCUT2D eigenvalue weighted by molar-refractivity contribution is 0.474. The Morgan fingerprint density at radius 3 is 2.47 bits per heavy atom. The Morgan fingerprint density at radius 1 is 1.27 bits per heavy atom. The summed E-state index contributed by atoms with van der Waals surface area (Å²) in [6.45, 7) is 4.38. The van der Waals surface area contributed by atoms with Crippen LogP contribution in [0.5, 0.6) is 0 Å². The fraction of sp³-hybridized carbons (Fsp3) is 0.692. The maximum atomic E-state index is 6.63. The first-order valence-electron chi connectivity index (χ1n) is 5.86. The van der Waals surface area contributed by atoms with Gasteiger partial charge in [0.15, 0.2) is 0 Å². The molecule has 0 saturated heterocycles. The molecule has 2 aliphatic carbocycles. The van der Waals surface area contributed by atoms with Crippen molar-refractivity contribution in [1.29, 1.82) is 0 Å². The summed E-state index contributed by atoms with van der Waals surface area (Å²) in [5.74, 6) is 2.84. The van der Waals surface area contributed by atoms with Gasteiger partial charge in [-0.2, -0.15) is 0 Å². The number of thiophene rings is 1. The molecule has 2 aliphatic rings. The highest BCUT2D eigenvalue weighted by Gasteiger charge is 2.48. The van der Waals surface area contributed by atoms with Gasteiger partial charge < -0.3 is 0 Å². The molecular formula is C13H17ClS. The van der Waals surface area contributed by atoms with Crippen molar-refractivity contribution in [3.63, 3.8) is 0 Å². The van der Waals surface area contributed by atoms with Gasteiger partial charge >= 0.3 is 0 Å². The van der Waals surface area contributed by atoms with Crippen LogP contribution < -0.4 is 0 Å². The smallest absolute Gasteiger partial charge is 0.0709 e. The average molecular weight is 241 g/mol. The number of alkyl halides is 1. The summed E-state index contributed by atoms with van der Waals surface area (Å²) >= 11 is 8.52. The van der Waals surface area contributed by atoms with Crippen molar-refractivity contribution >= 4 is 22.9 Å². The second-order valence-corrected chi connectivity index (χ2v) is 7.05. The number of aryl methyl sites for hydroxylation is 2. The molecule has 3 unspecified atom stereocenters. The molecule has 0 spiro atoms. The standard InChI is InChI=1S/C13H17ClS/c1-7-3-8(2)15-13(7)12(14)11-5-9-4-10(9)6-11/h3,9-12H,4-6H2,1-2H3. The molecule has 82 valence electrons. The summed E-state index contributed by atoms with van der Waals surface area (Å²) in [5, 5.41) is 0.288. The van der Waals surface area contributed by atoms with Crippen LogP contribution in [0.15, 0.2) is 6.07 Å². The third kappa shape index (κ3) is 1.74. The summed E-state index contributed by atoms with van der Waals surface area (Å²) in [7, 11) is 0. The molecule has 3 atom stereocenters. The Morgan fingerprint density at radius 2 is 1.93 bits per heavy atom. The summed E-state index contributed by atoms with van der Waals surface area (Å²) in [6, 6.07) is 2.27. The minimum atomic E-state index is 0.288. The molecule has 0 radical (unpaired) electrons. The number of rotatable bonds is 2. The van der Waals surface area contributed by atoms with Gasteiger partial charge in [-0.3, -0.25) is 0 Å². The molecule has 0 aliphatic heterocycles. The zero-order chi connectivity index (χ0) is 10.6. The normalized spacial score (nSPS) is 35.3. The van der Waals surface area contributed by atoms with Gasteiger partial charge in [0.1, 0.15) is 0 Å². The van der Waals surface area contributed by atoms with Crippen LogP contribution in [-0.2, 0) is 0 Å². The highest BCUT2D eigenvalue weighted by atomic mass is 35.5. The van der Waals surface area contributed by atoms with Crippen molar-refractivity contribution in [1.82, 2.24) is 0 Å². The molecule has 2 heteroatoms. The first kappa shape index (κ1) is 10.2. The van der Waals surface area contributed by atoms with Crippen molar-refractivity contribution in [2.24, 2.45) is 17.8 Å². The van der Waals surface area contributed by atoms with Crippen molar-refractivity contribution in [2.45, 2.75) is 38.5 Å². The predicted molar refractivity (Wildman–Crippen MR) is 66.7 cm³/mol. The fourth-order valence-corrected chi connectivity index (χ4v) is 4.77. The largest absolute Gasteiger partial charge is 0.144 e. The minimum absolute atomic E-state index is 0.288. The summed E-state index contributed by atoms with van der Waals surface area (Å²) in [4.78, 5) is 2.83. The summed E-state index contributed by atoms with van der Waals surface area (Å²) in [6.07, 6.45) is 4.26. The van der Waals surface area contributed by atoms with Crippen molar-refractivity contribution in [3.05, 3.63) is 21.4 Å². The first-order chi connectivity index (χ1) is 7.15. The molecule has 0 amide bonds. The van der Waals surface area contributed by atoms with E-state index >= 15 is 0 Å². The van der Waals surface area contributed by atoms with Crippen LogP contribution in [0.3, 0.4) is 0 Å². The molecule has 15 heavy (non-hydrogen) atoms. The fourth-order valence-electron chi connectivity index (χ4n) is 3.15. The van der Waals surface area contributed by atoms with Crippen LogP contribution in [-0.4, -0.2) is 0 Å². The van der Waals surface area contributed by atoms with E-state index in [0.29, 0.717) is 0 Å². The third-order valence-corrected chi connectivity index (χ3v) is 5.96. The van der Waals surface area contributed by atoms with Gasteiger partial charge in [-0.25, -0.2) is 0 Å². The predicted octanol–water partition coefficient (Wildman–Crippen LogP) is 4.69. The second-order valence-electron chi connectivity index (χ2n) is 5.29. The molecule has 3 rings (SSSR count). The molecule has 0 bridgehead atoms. The Kier molecular flexibility index (Phi) is 2.37. The van der Waals surface area contributed by atoms with E-state index in [2.05, 4.69) is 19.9 Å². The Labute approximate surface area is 101 Å². The van der Waals surface area contributed by atoms with Crippen molar-refractivity contribution < 1.29 is 0 Å². The van der Waals surface area contributed by atoms with Crippen LogP contribution in [0.1, 0.15) is 40.0 Å². The minimum Gasteiger partial charge on any atom is -0.144 e. The zero-order valence-corrected chi connectivity index (χ0v) is 10.9. The van der Waals surface area contributed by atoms with E-state index in [1.807, 2.05) is 11.3 Å². The van der Waals surface area contributed by atoms with E-state index in [-0.39, 0.29) is 5.38 Å². The Bertz CT molecular complexity index is 372. The van der Waals surface area contributed by atoms with E-state index in [4.69, 9.17) is 11.6 Å². The van der Waals surface area contributed by atoms with E-state index in [1.54, 1.807) is 0 Å². The van der Waals surface area contributed by atoms with Crippen LogP contribution in [0.2, 0.25) is 0 Å². The Balaban J connectivity index is 1.78. The number of hydrogen-bond acceptors (Lipinski definition) is 1. The van der Waals surface area contributed by atoms with Gasteiger partial charge in [-0.15, -0.1) is 22.9 Å². The van der Waals surface area contributed by atoms with Crippen LogP contribution in [0.4, 0.5) is 0 Å². The van der Waals surface area contributed by atoms with Gasteiger partial charge in [0, 0.05) is 9.75 Å². The number of hydrogen-bond donors (Lipinski definition) is 0. The van der Waals surface area contributed by atoms with Crippen LogP contribution in [0.25, 0.3) is 0 Å². The van der Waals surface area contributed by atoms with Gasteiger partial charge in [0.25, 0.3) is 0 Å². The molecular weight excluding hydrogens is 224 g/mol. The Hall–Kier alpha value is -0.0100. The molecule has 2 saturated carbocycles. The van der Waals surface area contributed by atoms with Crippen LogP contribution >= 0.6 is 22.9 Å². The number of halogens is 1. The molecule has 2 fully saturated rings. The van der Waals surface area contributed by atoms with Crippen molar-refractivity contribution in [2.75, 3.05) is 0 Å². The van der Waals surface area contributed by atoms with Gasteiger partial charge in [0.2, 0.25) is 0 Å². The molecule has 0 nitrogen and oxygen atoms in total. The summed E-state index contributed by atoms with van der Waals surface area (Å²) < 4.78 is 0. The molecule has 1 aromatic heterocycles. The molecule has 1 heterocycles. The van der Waals surface area contributed by atoms with E-state index in [1.165, 1.54) is 34.6 Å². The number of fused-ring (bicyclic) bond motifs is 1. The van der Waals surface area contributed by atoms with E-state index in [0.717, 1.165) is 17.8 Å². The highest BCUT2D eigenvalue weighted by Crippen LogP contribution is 2.58. The molecule has 0 N–H and O–H groups in total. The van der Waals surface area contributed by atoms with Gasteiger partial charge in [-0.05, 0) is 62.5 Å². The SMILES string of the molecule is Cc1cc(C)c(C(Cl)C2CC3CC3C2)s1. The van der Waals surface area contributed by atoms with Crippen molar-refractivity contribution in [3.8, 4) is 0 Å².